The van der Waals surface area contributed by atoms with Crippen LogP contribution in [0, 0.1) is 6.92 Å². The van der Waals surface area contributed by atoms with Crippen molar-refractivity contribution in [1.29, 1.82) is 0 Å². The molecule has 1 atom stereocenters. The number of aryl methyl sites for hydroxylation is 1. The third kappa shape index (κ3) is 7.08. The van der Waals surface area contributed by atoms with E-state index in [1.165, 1.54) is 36.4 Å². The summed E-state index contributed by atoms with van der Waals surface area (Å²) in [6.45, 7) is 1.86. The molecule has 0 aliphatic rings. The molecular formula is C24H23NO7S. The van der Waals surface area contributed by atoms with E-state index in [9.17, 15) is 23.1 Å². The number of hydrogen-bond donors (Lipinski definition) is 2. The van der Waals surface area contributed by atoms with Gasteiger partial charge in [-0.15, -0.1) is 0 Å². The molecule has 0 spiro atoms. The highest BCUT2D eigenvalue weighted by Gasteiger charge is 2.22. The first kappa shape index (κ1) is 23.8. The fourth-order valence-corrected chi connectivity index (χ4v) is 3.83. The number of nitrogens with one attached hydrogen (secondary N) is 1. The van der Waals surface area contributed by atoms with Gasteiger partial charge in [0.1, 0.15) is 23.3 Å². The van der Waals surface area contributed by atoms with E-state index >= 15 is 0 Å². The number of carbonyl (C=O) groups excluding carboxylic acids is 1. The maximum Gasteiger partial charge on any atom is 0.408 e. The minimum atomic E-state index is -3.99. The van der Waals surface area contributed by atoms with Crippen LogP contribution in [0.15, 0.2) is 83.8 Å². The van der Waals surface area contributed by atoms with Crippen LogP contribution in [0.1, 0.15) is 16.7 Å². The van der Waals surface area contributed by atoms with Crippen LogP contribution in [0.3, 0.4) is 0 Å². The molecule has 9 heteroatoms. The molecular weight excluding hydrogens is 446 g/mol. The van der Waals surface area contributed by atoms with Crippen LogP contribution in [0.4, 0.5) is 4.79 Å². The van der Waals surface area contributed by atoms with Crippen LogP contribution in [-0.2, 0) is 32.7 Å². The van der Waals surface area contributed by atoms with E-state index in [4.69, 9.17) is 8.92 Å². The summed E-state index contributed by atoms with van der Waals surface area (Å²) in [5, 5.41) is 11.8. The molecule has 0 fully saturated rings. The number of carboxylic acid groups (broad SMARTS) is 1. The van der Waals surface area contributed by atoms with Gasteiger partial charge >= 0.3 is 22.2 Å². The first-order valence-corrected chi connectivity index (χ1v) is 11.4. The summed E-state index contributed by atoms with van der Waals surface area (Å²) in [6, 6.07) is 19.9. The summed E-state index contributed by atoms with van der Waals surface area (Å²) < 4.78 is 35.0. The van der Waals surface area contributed by atoms with E-state index in [1.54, 1.807) is 36.4 Å². The lowest BCUT2D eigenvalue weighted by Crippen LogP contribution is -2.42. The van der Waals surface area contributed by atoms with Crippen molar-refractivity contribution >= 4 is 22.2 Å². The molecule has 3 aromatic rings. The fraction of sp³-hybridized carbons (Fsp3) is 0.167. The molecule has 0 radical (unpaired) electrons. The molecule has 3 aromatic carbocycles. The van der Waals surface area contributed by atoms with Crippen LogP contribution >= 0.6 is 0 Å². The Kier molecular flexibility index (Phi) is 7.68. The highest BCUT2D eigenvalue weighted by Crippen LogP contribution is 2.20. The Balaban J connectivity index is 1.58. The van der Waals surface area contributed by atoms with Gasteiger partial charge in [0, 0.05) is 6.42 Å². The van der Waals surface area contributed by atoms with Crippen LogP contribution < -0.4 is 9.50 Å². The predicted molar refractivity (Wildman–Crippen MR) is 120 cm³/mol. The molecule has 172 valence electrons. The van der Waals surface area contributed by atoms with Gasteiger partial charge in [0.25, 0.3) is 0 Å². The van der Waals surface area contributed by atoms with Gasteiger partial charge < -0.3 is 19.3 Å². The van der Waals surface area contributed by atoms with Gasteiger partial charge in [-0.05, 0) is 42.3 Å². The standard InChI is InChI=1S/C24H23NO7S/c1-17-7-13-21(14-8-17)33(29,30)32-20-11-9-18(10-12-20)15-22(23(26)27)25-24(28)31-16-19-5-3-2-4-6-19/h2-14,22H,15-16H2,1H3,(H,25,28)(H,26,27). The second-order valence-corrected chi connectivity index (χ2v) is 8.84. The van der Waals surface area contributed by atoms with Crippen LogP contribution in [-0.4, -0.2) is 31.6 Å². The van der Waals surface area contributed by atoms with Crippen molar-refractivity contribution in [2.24, 2.45) is 0 Å². The Morgan fingerprint density at radius 1 is 0.909 bits per heavy atom. The van der Waals surface area contributed by atoms with Gasteiger partial charge in [0.2, 0.25) is 0 Å². The zero-order chi connectivity index (χ0) is 23.8. The molecule has 0 bridgehead atoms. The Morgan fingerprint density at radius 3 is 2.15 bits per heavy atom. The van der Waals surface area contributed by atoms with Crippen molar-refractivity contribution < 1.29 is 32.0 Å². The summed E-state index contributed by atoms with van der Waals surface area (Å²) in [4.78, 5) is 23.6. The first-order chi connectivity index (χ1) is 15.7. The largest absolute Gasteiger partial charge is 0.480 e. The molecule has 1 unspecified atom stereocenters. The van der Waals surface area contributed by atoms with E-state index in [0.717, 1.165) is 11.1 Å². The molecule has 0 saturated carbocycles. The molecule has 8 nitrogen and oxygen atoms in total. The molecule has 0 aromatic heterocycles. The lowest BCUT2D eigenvalue weighted by Gasteiger charge is -2.15. The van der Waals surface area contributed by atoms with Gasteiger partial charge in [0.05, 0.1) is 0 Å². The maximum atomic E-state index is 12.4. The first-order valence-electron chi connectivity index (χ1n) is 10.0. The summed E-state index contributed by atoms with van der Waals surface area (Å²) >= 11 is 0. The predicted octanol–water partition coefficient (Wildman–Crippen LogP) is 3.68. The smallest absolute Gasteiger partial charge is 0.408 e. The third-order valence-corrected chi connectivity index (χ3v) is 5.94. The number of carbonyl (C=O) groups is 2. The Hall–Kier alpha value is -3.85. The summed E-state index contributed by atoms with van der Waals surface area (Å²) in [5.74, 6) is -1.14. The molecule has 0 aliphatic heterocycles. The molecule has 2 N–H and O–H groups in total. The number of hydrogen-bond acceptors (Lipinski definition) is 6. The average Bonchev–Trinajstić information content (AvgIpc) is 2.79. The van der Waals surface area contributed by atoms with Crippen molar-refractivity contribution in [3.8, 4) is 5.75 Å². The number of amides is 1. The molecule has 33 heavy (non-hydrogen) atoms. The molecule has 0 aliphatic carbocycles. The minimum Gasteiger partial charge on any atom is -0.480 e. The second kappa shape index (κ2) is 10.6. The Labute approximate surface area is 191 Å². The molecule has 3 rings (SSSR count). The normalized spacial score (nSPS) is 11.9. The van der Waals surface area contributed by atoms with Gasteiger partial charge in [0.15, 0.2) is 0 Å². The summed E-state index contributed by atoms with van der Waals surface area (Å²) in [7, 11) is -3.99. The Morgan fingerprint density at radius 2 is 1.55 bits per heavy atom. The van der Waals surface area contributed by atoms with Crippen LogP contribution in [0.2, 0.25) is 0 Å². The Bertz CT molecular complexity index is 1190. The molecule has 0 saturated heterocycles. The SMILES string of the molecule is Cc1ccc(S(=O)(=O)Oc2ccc(CC(NC(=O)OCc3ccccc3)C(=O)O)cc2)cc1. The van der Waals surface area contributed by atoms with E-state index in [-0.39, 0.29) is 23.7 Å². The second-order valence-electron chi connectivity index (χ2n) is 7.30. The van der Waals surface area contributed by atoms with Crippen molar-refractivity contribution in [3.63, 3.8) is 0 Å². The van der Waals surface area contributed by atoms with Gasteiger partial charge in [-0.1, -0.05) is 60.2 Å². The number of alkyl carbamates (subject to hydrolysis) is 1. The number of benzene rings is 3. The number of rotatable bonds is 9. The van der Waals surface area contributed by atoms with E-state index < -0.39 is 28.2 Å². The molecule has 0 heterocycles. The van der Waals surface area contributed by atoms with E-state index in [0.29, 0.717) is 5.56 Å². The van der Waals surface area contributed by atoms with Gasteiger partial charge in [-0.2, -0.15) is 8.42 Å². The average molecular weight is 470 g/mol. The monoisotopic (exact) mass is 469 g/mol. The maximum absolute atomic E-state index is 12.4. The van der Waals surface area contributed by atoms with E-state index in [1.807, 2.05) is 13.0 Å². The lowest BCUT2D eigenvalue weighted by molar-refractivity contribution is -0.139. The highest BCUT2D eigenvalue weighted by molar-refractivity contribution is 7.87. The van der Waals surface area contributed by atoms with Crippen LogP contribution in [0.5, 0.6) is 5.75 Å². The van der Waals surface area contributed by atoms with Crippen molar-refractivity contribution in [2.45, 2.75) is 30.9 Å². The van der Waals surface area contributed by atoms with Gasteiger partial charge in [-0.25, -0.2) is 9.59 Å². The summed E-state index contributed by atoms with van der Waals surface area (Å²) in [6.07, 6.45) is -0.879. The van der Waals surface area contributed by atoms with E-state index in [2.05, 4.69) is 5.32 Å². The van der Waals surface area contributed by atoms with Crippen LogP contribution in [0.25, 0.3) is 0 Å². The number of ether oxygens (including phenoxy) is 1. The topological polar surface area (TPSA) is 119 Å². The van der Waals surface area contributed by atoms with Crippen molar-refractivity contribution in [3.05, 3.63) is 95.6 Å². The highest BCUT2D eigenvalue weighted by atomic mass is 32.2. The number of carboxylic acids is 1. The minimum absolute atomic E-state index is 0.0144. The quantitative estimate of drug-likeness (QED) is 0.459. The zero-order valence-electron chi connectivity index (χ0n) is 17.8. The van der Waals surface area contributed by atoms with Crippen molar-refractivity contribution in [2.75, 3.05) is 0 Å². The fourth-order valence-electron chi connectivity index (χ4n) is 2.90. The van der Waals surface area contributed by atoms with Gasteiger partial charge in [-0.3, -0.25) is 0 Å². The zero-order valence-corrected chi connectivity index (χ0v) is 18.6. The summed E-state index contributed by atoms with van der Waals surface area (Å²) in [5.41, 5.74) is 2.25. The number of aliphatic carboxylic acids is 1. The van der Waals surface area contributed by atoms with Crippen molar-refractivity contribution in [1.82, 2.24) is 5.32 Å². The molecule has 1 amide bonds. The lowest BCUT2D eigenvalue weighted by atomic mass is 10.1. The third-order valence-electron chi connectivity index (χ3n) is 4.68.